The lowest BCUT2D eigenvalue weighted by molar-refractivity contribution is -0.0282. The van der Waals surface area contributed by atoms with Crippen LogP contribution in [0.25, 0.3) is 0 Å². The van der Waals surface area contributed by atoms with Crippen molar-refractivity contribution < 1.29 is 37.7 Å². The Balaban J connectivity index is 1.49. The third kappa shape index (κ3) is 9.58. The second kappa shape index (κ2) is 13.4. The molecule has 0 aromatic carbocycles. The summed E-state index contributed by atoms with van der Waals surface area (Å²) in [4.78, 5) is 25.4. The predicted molar refractivity (Wildman–Crippen MR) is 185 cm³/mol. The molecule has 0 aromatic heterocycles. The molecule has 0 aromatic rings. The van der Waals surface area contributed by atoms with E-state index in [9.17, 15) is 9.59 Å². The Hall–Kier alpha value is -2.01. The van der Waals surface area contributed by atoms with E-state index in [1.807, 2.05) is 41.5 Å². The molecule has 4 atom stereocenters. The zero-order chi connectivity index (χ0) is 35.2. The topological polar surface area (TPSA) is 114 Å². The lowest BCUT2D eigenvalue weighted by Gasteiger charge is -2.39. The molecule has 2 heterocycles. The minimum absolute atomic E-state index is 0.0490. The van der Waals surface area contributed by atoms with Crippen molar-refractivity contribution in [2.24, 2.45) is 5.92 Å². The fourth-order valence-corrected chi connectivity index (χ4v) is 6.73. The Morgan fingerprint density at radius 2 is 1.21 bits per heavy atom. The van der Waals surface area contributed by atoms with Crippen LogP contribution in [0.5, 0.6) is 0 Å². The summed E-state index contributed by atoms with van der Waals surface area (Å²) in [6, 6.07) is -0.222. The highest BCUT2D eigenvalue weighted by Gasteiger charge is 2.57. The summed E-state index contributed by atoms with van der Waals surface area (Å²) in [5, 5.41) is 6.18. The van der Waals surface area contributed by atoms with Gasteiger partial charge in [0.15, 0.2) is 0 Å². The molecule has 2 saturated heterocycles. The van der Waals surface area contributed by atoms with Gasteiger partial charge in [-0.25, -0.2) is 9.59 Å². The standard InChI is InChI=1S/C35H60B2N2O8/c1-30(2,3)42-28(40)38-26-16-14-15-24(20-26)37-46-34(11,12)35(13,47-37)22-23-17-18-25(36-44-32(7,8)33(9,10)45-36)21-27(19-23)39-29(41)43-31(4,5)6/h15,18,23,26-27H,14,16-17,19-22H2,1-13H3,(H,38,40)(H,39,41)/t23?,26-,27?,35?/m0/s1. The van der Waals surface area contributed by atoms with Gasteiger partial charge in [-0.3, -0.25) is 0 Å². The fourth-order valence-electron chi connectivity index (χ4n) is 6.73. The number of nitrogens with one attached hydrogen (secondary N) is 2. The van der Waals surface area contributed by atoms with Gasteiger partial charge >= 0.3 is 26.4 Å². The summed E-state index contributed by atoms with van der Waals surface area (Å²) in [7, 11) is -0.986. The molecule has 4 rings (SSSR count). The molecule has 2 amide bonds. The van der Waals surface area contributed by atoms with Gasteiger partial charge < -0.3 is 38.7 Å². The number of rotatable bonds is 6. The zero-order valence-corrected chi connectivity index (χ0v) is 31.3. The summed E-state index contributed by atoms with van der Waals surface area (Å²) in [5.74, 6) is 0.184. The molecule has 264 valence electrons. The van der Waals surface area contributed by atoms with Crippen LogP contribution in [0.1, 0.15) is 135 Å². The summed E-state index contributed by atoms with van der Waals surface area (Å²) in [6.07, 6.45) is 8.75. The first-order chi connectivity index (χ1) is 21.4. The van der Waals surface area contributed by atoms with Gasteiger partial charge in [-0.1, -0.05) is 12.2 Å². The van der Waals surface area contributed by atoms with E-state index in [4.69, 9.17) is 28.1 Å². The number of ether oxygens (including phenoxy) is 2. The second-order valence-corrected chi connectivity index (χ2v) is 17.7. The molecule has 2 N–H and O–H groups in total. The molecule has 0 bridgehead atoms. The van der Waals surface area contributed by atoms with Crippen molar-refractivity contribution in [1.29, 1.82) is 0 Å². The van der Waals surface area contributed by atoms with Crippen molar-refractivity contribution in [2.45, 2.75) is 181 Å². The molecule has 47 heavy (non-hydrogen) atoms. The van der Waals surface area contributed by atoms with E-state index in [1.54, 1.807) is 0 Å². The highest BCUT2D eigenvalue weighted by atomic mass is 16.7. The number of allylic oxidation sites excluding steroid dienone is 2. The van der Waals surface area contributed by atoms with Crippen LogP contribution in [0.4, 0.5) is 9.59 Å². The third-order valence-electron chi connectivity index (χ3n) is 10.2. The van der Waals surface area contributed by atoms with Crippen LogP contribution in [-0.2, 0) is 28.1 Å². The Morgan fingerprint density at radius 1 is 0.745 bits per heavy atom. The average molecular weight is 658 g/mol. The van der Waals surface area contributed by atoms with Gasteiger partial charge in [0, 0.05) is 12.1 Å². The van der Waals surface area contributed by atoms with Gasteiger partial charge in [-0.15, -0.1) is 0 Å². The van der Waals surface area contributed by atoms with Gasteiger partial charge in [0.1, 0.15) is 11.2 Å². The molecule has 0 radical (unpaired) electrons. The number of carbonyl (C=O) groups is 2. The lowest BCUT2D eigenvalue weighted by atomic mass is 9.71. The van der Waals surface area contributed by atoms with Crippen molar-refractivity contribution in [3.63, 3.8) is 0 Å². The molecule has 10 nitrogen and oxygen atoms in total. The molecule has 12 heteroatoms. The predicted octanol–water partition coefficient (Wildman–Crippen LogP) is 7.24. The maximum Gasteiger partial charge on any atom is 0.490 e. The highest BCUT2D eigenvalue weighted by Crippen LogP contribution is 2.47. The Bertz CT molecular complexity index is 1220. The first kappa shape index (κ1) is 37.8. The van der Waals surface area contributed by atoms with E-state index in [-0.39, 0.29) is 18.0 Å². The Kier molecular flexibility index (Phi) is 10.8. The van der Waals surface area contributed by atoms with Gasteiger partial charge in [-0.05, 0) is 152 Å². The first-order valence-electron chi connectivity index (χ1n) is 17.5. The average Bonchev–Trinajstić information content (AvgIpc) is 3.12. The maximum absolute atomic E-state index is 13.0. The molecule has 4 aliphatic rings. The number of alkyl carbamates (subject to hydrolysis) is 2. The summed E-state index contributed by atoms with van der Waals surface area (Å²) in [5.41, 5.74) is -1.19. The second-order valence-electron chi connectivity index (χ2n) is 17.7. The summed E-state index contributed by atoms with van der Waals surface area (Å²) in [6.45, 7) is 25.7. The summed E-state index contributed by atoms with van der Waals surface area (Å²) >= 11 is 0. The minimum atomic E-state index is -0.603. The zero-order valence-electron chi connectivity index (χ0n) is 31.3. The van der Waals surface area contributed by atoms with Crippen molar-refractivity contribution in [3.8, 4) is 0 Å². The molecule has 0 saturated carbocycles. The SMILES string of the molecule is CC(C)(C)OC(=O)NC1CC(B2OC(C)(C)C(C)(C)O2)=CCC(CC2(C)OB(C3=CCC[C@H](NC(=O)OC(C)(C)C)C3)OC2(C)C)C1. The van der Waals surface area contributed by atoms with E-state index < -0.39 is 60.0 Å². The highest BCUT2D eigenvalue weighted by molar-refractivity contribution is 6.55. The Morgan fingerprint density at radius 3 is 1.77 bits per heavy atom. The van der Waals surface area contributed by atoms with Gasteiger partial charge in [0.2, 0.25) is 0 Å². The Labute approximate surface area is 284 Å². The monoisotopic (exact) mass is 658 g/mol. The van der Waals surface area contributed by atoms with Crippen LogP contribution in [0.2, 0.25) is 0 Å². The van der Waals surface area contributed by atoms with Gasteiger partial charge in [0.05, 0.1) is 22.4 Å². The van der Waals surface area contributed by atoms with Crippen LogP contribution < -0.4 is 10.6 Å². The number of hydrogen-bond acceptors (Lipinski definition) is 8. The largest absolute Gasteiger partial charge is 0.490 e. The first-order valence-corrected chi connectivity index (χ1v) is 17.5. The van der Waals surface area contributed by atoms with Gasteiger partial charge in [-0.2, -0.15) is 0 Å². The van der Waals surface area contributed by atoms with Crippen molar-refractivity contribution >= 4 is 26.4 Å². The number of carbonyl (C=O) groups excluding carboxylic acids is 2. The van der Waals surface area contributed by atoms with Gasteiger partial charge in [0.25, 0.3) is 0 Å². The van der Waals surface area contributed by atoms with Crippen LogP contribution >= 0.6 is 0 Å². The normalized spacial score (nSPS) is 30.6. The molecule has 2 aliphatic carbocycles. The van der Waals surface area contributed by atoms with E-state index >= 15 is 0 Å². The van der Waals surface area contributed by atoms with Crippen LogP contribution in [0.3, 0.4) is 0 Å². The van der Waals surface area contributed by atoms with Crippen molar-refractivity contribution in [3.05, 3.63) is 23.1 Å². The van der Waals surface area contributed by atoms with E-state index in [2.05, 4.69) is 71.3 Å². The maximum atomic E-state index is 13.0. The number of amides is 2. The number of hydrogen-bond donors (Lipinski definition) is 2. The van der Waals surface area contributed by atoms with Crippen LogP contribution in [0.15, 0.2) is 23.1 Å². The quantitative estimate of drug-likeness (QED) is 0.287. The molecule has 2 aliphatic heterocycles. The van der Waals surface area contributed by atoms with E-state index in [0.29, 0.717) is 12.8 Å². The molecule has 3 unspecified atom stereocenters. The van der Waals surface area contributed by atoms with Crippen molar-refractivity contribution in [2.75, 3.05) is 0 Å². The smallest absolute Gasteiger partial charge is 0.444 e. The van der Waals surface area contributed by atoms with Crippen molar-refractivity contribution in [1.82, 2.24) is 10.6 Å². The van der Waals surface area contributed by atoms with E-state index in [1.165, 1.54) is 0 Å². The molecular weight excluding hydrogens is 598 g/mol. The molecule has 0 spiro atoms. The molecule has 2 fully saturated rings. The van der Waals surface area contributed by atoms with Crippen LogP contribution in [-0.4, -0.2) is 72.1 Å². The lowest BCUT2D eigenvalue weighted by Crippen LogP contribution is -2.47. The fraction of sp³-hybridized carbons (Fsp3) is 0.829. The third-order valence-corrected chi connectivity index (χ3v) is 10.2. The van der Waals surface area contributed by atoms with Crippen LogP contribution in [0, 0.1) is 5.92 Å². The minimum Gasteiger partial charge on any atom is -0.444 e. The molecular formula is C35H60B2N2O8. The van der Waals surface area contributed by atoms with E-state index in [0.717, 1.165) is 43.0 Å². The summed E-state index contributed by atoms with van der Waals surface area (Å²) < 4.78 is 37.5.